The van der Waals surface area contributed by atoms with Gasteiger partial charge in [-0.25, -0.2) is 0 Å². The van der Waals surface area contributed by atoms with Crippen LogP contribution in [-0.2, 0) is 5.41 Å². The van der Waals surface area contributed by atoms with Gasteiger partial charge in [-0.3, -0.25) is 5.10 Å². The van der Waals surface area contributed by atoms with E-state index in [0.717, 1.165) is 16.7 Å². The van der Waals surface area contributed by atoms with Gasteiger partial charge < -0.3 is 5.73 Å². The van der Waals surface area contributed by atoms with Crippen LogP contribution in [0.4, 0.5) is 0 Å². The molecule has 1 aliphatic rings. The Kier molecular flexibility index (Phi) is 1.91. The standard InChI is InChI=1S/C11H12BrN3/c12-10-9-7(11(6-13)4-5-11)2-1-3-8(9)14-15-10/h1-3H,4-6,13H2,(H,14,15). The van der Waals surface area contributed by atoms with Crippen LogP contribution in [0.25, 0.3) is 10.9 Å². The molecule has 15 heavy (non-hydrogen) atoms. The molecule has 3 N–H and O–H groups in total. The normalized spacial score (nSPS) is 18.3. The lowest BCUT2D eigenvalue weighted by Gasteiger charge is -2.13. The van der Waals surface area contributed by atoms with E-state index in [-0.39, 0.29) is 5.41 Å². The van der Waals surface area contributed by atoms with Gasteiger partial charge >= 0.3 is 0 Å². The van der Waals surface area contributed by atoms with Gasteiger partial charge in [0.2, 0.25) is 0 Å². The van der Waals surface area contributed by atoms with E-state index in [9.17, 15) is 0 Å². The first-order valence-corrected chi connectivity index (χ1v) is 5.89. The number of rotatable bonds is 2. The highest BCUT2D eigenvalue weighted by Gasteiger charge is 2.44. The molecule has 3 nitrogen and oxygen atoms in total. The quantitative estimate of drug-likeness (QED) is 0.876. The summed E-state index contributed by atoms with van der Waals surface area (Å²) in [6.07, 6.45) is 2.39. The van der Waals surface area contributed by atoms with Crippen molar-refractivity contribution in [2.75, 3.05) is 6.54 Å². The average Bonchev–Trinajstić information content (AvgIpc) is 2.98. The molecule has 2 aromatic rings. The number of aromatic amines is 1. The smallest absolute Gasteiger partial charge is 0.109 e. The van der Waals surface area contributed by atoms with E-state index in [1.807, 2.05) is 6.07 Å². The van der Waals surface area contributed by atoms with Crippen molar-refractivity contribution in [1.29, 1.82) is 0 Å². The van der Waals surface area contributed by atoms with Crippen LogP contribution in [-0.4, -0.2) is 16.7 Å². The fourth-order valence-electron chi connectivity index (χ4n) is 2.21. The lowest BCUT2D eigenvalue weighted by atomic mass is 9.93. The van der Waals surface area contributed by atoms with E-state index in [1.54, 1.807) is 0 Å². The highest BCUT2D eigenvalue weighted by Crippen LogP contribution is 2.50. The van der Waals surface area contributed by atoms with Crippen LogP contribution >= 0.6 is 15.9 Å². The van der Waals surface area contributed by atoms with E-state index >= 15 is 0 Å². The number of nitrogens with zero attached hydrogens (tertiary/aromatic N) is 1. The zero-order valence-electron chi connectivity index (χ0n) is 8.26. The van der Waals surface area contributed by atoms with E-state index in [1.165, 1.54) is 23.8 Å². The lowest BCUT2D eigenvalue weighted by Crippen LogP contribution is -2.19. The van der Waals surface area contributed by atoms with Crippen molar-refractivity contribution in [3.8, 4) is 0 Å². The molecule has 1 saturated carbocycles. The summed E-state index contributed by atoms with van der Waals surface area (Å²) >= 11 is 3.51. The van der Waals surface area contributed by atoms with Crippen molar-refractivity contribution in [1.82, 2.24) is 10.2 Å². The molecule has 0 bridgehead atoms. The number of hydrogen-bond donors (Lipinski definition) is 2. The first-order chi connectivity index (χ1) is 7.27. The van der Waals surface area contributed by atoms with E-state index in [4.69, 9.17) is 5.73 Å². The molecule has 4 heteroatoms. The summed E-state index contributed by atoms with van der Waals surface area (Å²) in [5.74, 6) is 0. The van der Waals surface area contributed by atoms with Gasteiger partial charge in [-0.2, -0.15) is 5.10 Å². The molecule has 0 spiro atoms. The Morgan fingerprint density at radius 2 is 2.27 bits per heavy atom. The summed E-state index contributed by atoms with van der Waals surface area (Å²) < 4.78 is 0.966. The predicted octanol–water partition coefficient (Wildman–Crippen LogP) is 2.32. The summed E-state index contributed by atoms with van der Waals surface area (Å²) in [5.41, 5.74) is 8.43. The van der Waals surface area contributed by atoms with Gasteiger partial charge in [0.15, 0.2) is 0 Å². The molecule has 0 amide bonds. The second-order valence-electron chi connectivity index (χ2n) is 4.22. The maximum atomic E-state index is 5.86. The minimum atomic E-state index is 0.214. The highest BCUT2D eigenvalue weighted by molar-refractivity contribution is 9.10. The zero-order chi connectivity index (χ0) is 10.5. The van der Waals surface area contributed by atoms with Gasteiger partial charge in [0, 0.05) is 17.3 Å². The van der Waals surface area contributed by atoms with Crippen molar-refractivity contribution in [2.24, 2.45) is 5.73 Å². The number of fused-ring (bicyclic) bond motifs is 1. The highest BCUT2D eigenvalue weighted by atomic mass is 79.9. The van der Waals surface area contributed by atoms with E-state index in [2.05, 4.69) is 38.3 Å². The summed E-state index contributed by atoms with van der Waals surface area (Å²) in [6, 6.07) is 6.25. The monoisotopic (exact) mass is 265 g/mol. The third kappa shape index (κ3) is 1.25. The van der Waals surface area contributed by atoms with Crippen molar-refractivity contribution in [3.63, 3.8) is 0 Å². The average molecular weight is 266 g/mol. The number of nitrogens with two attached hydrogens (primary N) is 1. The van der Waals surface area contributed by atoms with Gasteiger partial charge in [0.05, 0.1) is 5.52 Å². The second-order valence-corrected chi connectivity index (χ2v) is 5.01. The number of halogens is 1. The van der Waals surface area contributed by atoms with Gasteiger partial charge in [-0.15, -0.1) is 0 Å². The van der Waals surface area contributed by atoms with Crippen LogP contribution in [0, 0.1) is 0 Å². The lowest BCUT2D eigenvalue weighted by molar-refractivity contribution is 0.711. The Bertz CT molecular complexity index is 514. The molecule has 0 radical (unpaired) electrons. The number of H-pyrrole nitrogens is 1. The molecule has 0 aliphatic heterocycles. The Labute approximate surface area is 96.2 Å². The molecule has 0 atom stereocenters. The molecule has 0 saturated heterocycles. The zero-order valence-corrected chi connectivity index (χ0v) is 9.84. The van der Waals surface area contributed by atoms with Crippen LogP contribution in [0.5, 0.6) is 0 Å². The summed E-state index contributed by atoms with van der Waals surface area (Å²) in [7, 11) is 0. The van der Waals surface area contributed by atoms with Crippen LogP contribution < -0.4 is 5.73 Å². The first kappa shape index (κ1) is 9.36. The molecule has 78 valence electrons. The third-order valence-corrected chi connectivity index (χ3v) is 3.93. The first-order valence-electron chi connectivity index (χ1n) is 5.10. The molecular formula is C11H12BrN3. The van der Waals surface area contributed by atoms with Crippen LogP contribution in [0.1, 0.15) is 18.4 Å². The number of nitrogens with one attached hydrogen (secondary N) is 1. The second kappa shape index (κ2) is 3.06. The van der Waals surface area contributed by atoms with Gasteiger partial charge in [0.1, 0.15) is 4.60 Å². The molecule has 0 unspecified atom stereocenters. The summed E-state index contributed by atoms with van der Waals surface area (Å²) in [5, 5.41) is 8.40. The Balaban J connectivity index is 2.30. The third-order valence-electron chi connectivity index (χ3n) is 3.35. The molecular weight excluding hydrogens is 254 g/mol. The van der Waals surface area contributed by atoms with Crippen molar-refractivity contribution >= 4 is 26.8 Å². The minimum Gasteiger partial charge on any atom is -0.330 e. The van der Waals surface area contributed by atoms with Crippen LogP contribution in [0.15, 0.2) is 22.8 Å². The predicted molar refractivity (Wildman–Crippen MR) is 63.8 cm³/mol. The van der Waals surface area contributed by atoms with Gasteiger partial charge in [-0.1, -0.05) is 12.1 Å². The Hall–Kier alpha value is -0.870. The Morgan fingerprint density at radius 1 is 1.47 bits per heavy atom. The minimum absolute atomic E-state index is 0.214. The fourth-order valence-corrected chi connectivity index (χ4v) is 2.71. The maximum Gasteiger partial charge on any atom is 0.109 e. The summed E-state index contributed by atoms with van der Waals surface area (Å²) in [6.45, 7) is 0.726. The van der Waals surface area contributed by atoms with E-state index < -0.39 is 0 Å². The van der Waals surface area contributed by atoms with Gasteiger partial charge in [0.25, 0.3) is 0 Å². The van der Waals surface area contributed by atoms with Gasteiger partial charge in [-0.05, 0) is 40.4 Å². The largest absolute Gasteiger partial charge is 0.330 e. The van der Waals surface area contributed by atoms with Crippen molar-refractivity contribution in [2.45, 2.75) is 18.3 Å². The molecule has 1 aliphatic carbocycles. The SMILES string of the molecule is NCC1(c2cccc3n[nH]c(Br)c23)CC1. The maximum absolute atomic E-state index is 5.86. The fraction of sp³-hybridized carbons (Fsp3) is 0.364. The number of benzene rings is 1. The molecule has 1 fully saturated rings. The molecule has 1 heterocycles. The van der Waals surface area contributed by atoms with E-state index in [0.29, 0.717) is 0 Å². The molecule has 3 rings (SSSR count). The Morgan fingerprint density at radius 3 is 2.93 bits per heavy atom. The topological polar surface area (TPSA) is 54.7 Å². The number of hydrogen-bond acceptors (Lipinski definition) is 2. The molecule has 1 aromatic carbocycles. The van der Waals surface area contributed by atoms with Crippen LogP contribution in [0.3, 0.4) is 0 Å². The number of aromatic nitrogens is 2. The van der Waals surface area contributed by atoms with Crippen molar-refractivity contribution in [3.05, 3.63) is 28.4 Å². The molecule has 1 aromatic heterocycles. The van der Waals surface area contributed by atoms with Crippen LogP contribution in [0.2, 0.25) is 0 Å². The van der Waals surface area contributed by atoms with Crippen molar-refractivity contribution < 1.29 is 0 Å². The summed E-state index contributed by atoms with van der Waals surface area (Å²) in [4.78, 5) is 0.